The number of rotatable bonds is 15. The summed E-state index contributed by atoms with van der Waals surface area (Å²) in [4.78, 5) is 0. The lowest BCUT2D eigenvalue weighted by Gasteiger charge is -2.17. The van der Waals surface area contributed by atoms with Crippen LogP contribution < -0.4 is 4.74 Å². The van der Waals surface area contributed by atoms with Gasteiger partial charge in [0.05, 0.1) is 13.2 Å². The van der Waals surface area contributed by atoms with Crippen LogP contribution in [0.2, 0.25) is 0 Å². The first-order valence-electron chi connectivity index (χ1n) is 11.4. The molecule has 0 saturated heterocycles. The topological polar surface area (TPSA) is 18.5 Å². The van der Waals surface area contributed by atoms with Crippen LogP contribution in [0.4, 0.5) is 0 Å². The van der Waals surface area contributed by atoms with Crippen molar-refractivity contribution in [2.24, 2.45) is 0 Å². The standard InChI is InChI=1S/C27H39O2/c1-4-5-6-7-8-10-14-24-15-13-18-26(23(2)3)27(24)19-20-28-21-22-29-25-16-11-9-12-17-25/h9,11-13,15-18H,4-8,10,14,19-22H2,1-3H3. The largest absolute Gasteiger partial charge is 0.491 e. The SMILES string of the molecule is CCCCCCCCc1cccc([C](C)C)c1CCOCCOc1ccccc1. The van der Waals surface area contributed by atoms with E-state index >= 15 is 0 Å². The number of hydrogen-bond acceptors (Lipinski definition) is 2. The second kappa shape index (κ2) is 14.2. The van der Waals surface area contributed by atoms with Gasteiger partial charge in [-0.05, 0) is 54.0 Å². The predicted octanol–water partition coefficient (Wildman–Crippen LogP) is 7.19. The van der Waals surface area contributed by atoms with Gasteiger partial charge < -0.3 is 9.47 Å². The van der Waals surface area contributed by atoms with Gasteiger partial charge in [0.25, 0.3) is 0 Å². The molecule has 0 N–H and O–H groups in total. The first kappa shape index (κ1) is 23.5. The molecule has 0 heterocycles. The minimum absolute atomic E-state index is 0.592. The molecule has 0 atom stereocenters. The molecule has 1 radical (unpaired) electrons. The highest BCUT2D eigenvalue weighted by atomic mass is 16.5. The lowest BCUT2D eigenvalue weighted by molar-refractivity contribution is 0.102. The zero-order chi connectivity index (χ0) is 20.7. The van der Waals surface area contributed by atoms with Crippen molar-refractivity contribution >= 4 is 0 Å². The average Bonchev–Trinajstić information content (AvgIpc) is 2.74. The van der Waals surface area contributed by atoms with E-state index in [1.807, 2.05) is 30.3 Å². The van der Waals surface area contributed by atoms with Gasteiger partial charge in [0.2, 0.25) is 0 Å². The monoisotopic (exact) mass is 395 g/mol. The van der Waals surface area contributed by atoms with Crippen LogP contribution in [0.25, 0.3) is 0 Å². The van der Waals surface area contributed by atoms with E-state index in [1.165, 1.54) is 67.6 Å². The fourth-order valence-electron chi connectivity index (χ4n) is 3.74. The molecule has 0 aliphatic heterocycles. The second-order valence-corrected chi connectivity index (χ2v) is 7.98. The Morgan fingerprint density at radius 1 is 0.724 bits per heavy atom. The van der Waals surface area contributed by atoms with Crippen molar-refractivity contribution < 1.29 is 9.47 Å². The maximum atomic E-state index is 5.88. The Hall–Kier alpha value is -1.80. The van der Waals surface area contributed by atoms with Gasteiger partial charge in [-0.1, -0.05) is 89.3 Å². The highest BCUT2D eigenvalue weighted by Crippen LogP contribution is 2.24. The van der Waals surface area contributed by atoms with Crippen LogP contribution in [0.3, 0.4) is 0 Å². The fourth-order valence-corrected chi connectivity index (χ4v) is 3.74. The molecule has 0 aromatic heterocycles. The van der Waals surface area contributed by atoms with Crippen LogP contribution in [-0.2, 0) is 17.6 Å². The molecule has 2 heteroatoms. The number of hydrogen-bond donors (Lipinski definition) is 0. The number of ether oxygens (including phenoxy) is 2. The summed E-state index contributed by atoms with van der Waals surface area (Å²) in [5.74, 6) is 2.29. The third-order valence-corrected chi connectivity index (χ3v) is 5.35. The second-order valence-electron chi connectivity index (χ2n) is 7.98. The van der Waals surface area contributed by atoms with Crippen molar-refractivity contribution in [2.45, 2.75) is 72.1 Å². The van der Waals surface area contributed by atoms with E-state index in [0.717, 1.165) is 18.8 Å². The molecule has 2 nitrogen and oxygen atoms in total. The van der Waals surface area contributed by atoms with E-state index in [2.05, 4.69) is 39.0 Å². The Labute approximate surface area is 178 Å². The van der Waals surface area contributed by atoms with Crippen LogP contribution in [-0.4, -0.2) is 19.8 Å². The molecular weight excluding hydrogens is 356 g/mol. The van der Waals surface area contributed by atoms with Crippen LogP contribution in [0.5, 0.6) is 5.75 Å². The molecule has 29 heavy (non-hydrogen) atoms. The van der Waals surface area contributed by atoms with E-state index in [1.54, 1.807) is 0 Å². The summed E-state index contributed by atoms with van der Waals surface area (Å²) in [5.41, 5.74) is 4.38. The molecule has 0 bridgehead atoms. The van der Waals surface area contributed by atoms with E-state index in [0.29, 0.717) is 13.2 Å². The highest BCUT2D eigenvalue weighted by Gasteiger charge is 2.11. The molecule has 0 unspecified atom stereocenters. The minimum atomic E-state index is 0.592. The maximum absolute atomic E-state index is 5.88. The van der Waals surface area contributed by atoms with Crippen LogP contribution in [0.15, 0.2) is 48.5 Å². The summed E-state index contributed by atoms with van der Waals surface area (Å²) >= 11 is 0. The maximum Gasteiger partial charge on any atom is 0.119 e. The normalized spacial score (nSPS) is 11.2. The molecule has 0 spiro atoms. The third-order valence-electron chi connectivity index (χ3n) is 5.35. The van der Waals surface area contributed by atoms with Crippen LogP contribution in [0, 0.1) is 5.92 Å². The Balaban J connectivity index is 1.78. The molecular formula is C27H39O2. The Morgan fingerprint density at radius 3 is 2.24 bits per heavy atom. The lowest BCUT2D eigenvalue weighted by atomic mass is 9.89. The fraction of sp³-hybridized carbons (Fsp3) is 0.519. The van der Waals surface area contributed by atoms with Gasteiger partial charge >= 0.3 is 0 Å². The first-order valence-corrected chi connectivity index (χ1v) is 11.4. The van der Waals surface area contributed by atoms with Gasteiger partial charge in [-0.2, -0.15) is 0 Å². The van der Waals surface area contributed by atoms with Gasteiger partial charge in [0.1, 0.15) is 12.4 Å². The number of para-hydroxylation sites is 1. The van der Waals surface area contributed by atoms with Gasteiger partial charge in [-0.15, -0.1) is 0 Å². The molecule has 0 amide bonds. The van der Waals surface area contributed by atoms with Crippen molar-refractivity contribution in [1.82, 2.24) is 0 Å². The first-order chi connectivity index (χ1) is 14.2. The molecule has 0 aliphatic carbocycles. The zero-order valence-electron chi connectivity index (χ0n) is 18.7. The third kappa shape index (κ3) is 9.04. The number of unbranched alkanes of at least 4 members (excludes halogenated alkanes) is 5. The number of aryl methyl sites for hydroxylation is 1. The number of benzene rings is 2. The molecule has 0 aliphatic rings. The Morgan fingerprint density at radius 2 is 1.48 bits per heavy atom. The summed E-state index contributed by atoms with van der Waals surface area (Å²) in [6, 6.07) is 16.7. The summed E-state index contributed by atoms with van der Waals surface area (Å²) < 4.78 is 11.6. The summed E-state index contributed by atoms with van der Waals surface area (Å²) in [6.45, 7) is 8.65. The van der Waals surface area contributed by atoms with Gasteiger partial charge in [0.15, 0.2) is 0 Å². The molecule has 0 saturated carbocycles. The Kier molecular flexibility index (Phi) is 11.5. The van der Waals surface area contributed by atoms with Gasteiger partial charge in [-0.3, -0.25) is 0 Å². The van der Waals surface area contributed by atoms with Crippen LogP contribution in [0.1, 0.15) is 76.0 Å². The molecule has 0 fully saturated rings. The van der Waals surface area contributed by atoms with E-state index in [4.69, 9.17) is 9.47 Å². The zero-order valence-corrected chi connectivity index (χ0v) is 18.7. The van der Waals surface area contributed by atoms with Crippen molar-refractivity contribution in [3.63, 3.8) is 0 Å². The predicted molar refractivity (Wildman–Crippen MR) is 124 cm³/mol. The minimum Gasteiger partial charge on any atom is -0.491 e. The smallest absolute Gasteiger partial charge is 0.119 e. The van der Waals surface area contributed by atoms with Crippen molar-refractivity contribution in [3.8, 4) is 5.75 Å². The van der Waals surface area contributed by atoms with Crippen molar-refractivity contribution in [2.75, 3.05) is 19.8 Å². The Bertz CT molecular complexity index is 663. The molecule has 2 aromatic rings. The van der Waals surface area contributed by atoms with Crippen molar-refractivity contribution in [1.29, 1.82) is 0 Å². The summed E-state index contributed by atoms with van der Waals surface area (Å²) in [7, 11) is 0. The molecule has 159 valence electrons. The van der Waals surface area contributed by atoms with Gasteiger partial charge in [-0.25, -0.2) is 0 Å². The van der Waals surface area contributed by atoms with Crippen LogP contribution >= 0.6 is 0 Å². The molecule has 2 aromatic carbocycles. The van der Waals surface area contributed by atoms with E-state index in [-0.39, 0.29) is 0 Å². The highest BCUT2D eigenvalue weighted by molar-refractivity contribution is 5.42. The van der Waals surface area contributed by atoms with Crippen molar-refractivity contribution in [3.05, 3.63) is 71.1 Å². The van der Waals surface area contributed by atoms with Gasteiger partial charge in [0, 0.05) is 0 Å². The van der Waals surface area contributed by atoms with E-state index < -0.39 is 0 Å². The molecule has 2 rings (SSSR count). The quantitative estimate of drug-likeness (QED) is 0.297. The summed E-state index contributed by atoms with van der Waals surface area (Å²) in [5, 5.41) is 0. The van der Waals surface area contributed by atoms with E-state index in [9.17, 15) is 0 Å². The average molecular weight is 396 g/mol. The lowest BCUT2D eigenvalue weighted by Crippen LogP contribution is -2.11. The summed E-state index contributed by atoms with van der Waals surface area (Å²) in [6.07, 6.45) is 10.2.